The zero-order valence-corrected chi connectivity index (χ0v) is 13.9. The quantitative estimate of drug-likeness (QED) is 0.852. The summed E-state index contributed by atoms with van der Waals surface area (Å²) < 4.78 is 1.91. The van der Waals surface area contributed by atoms with Gasteiger partial charge in [-0.1, -0.05) is 17.8 Å². The van der Waals surface area contributed by atoms with Crippen LogP contribution in [0.3, 0.4) is 0 Å². The SMILES string of the molecule is C[C@H](Sc1ncc2ccccn12)C(=O)NC(=O)NC(C)(C)C. The minimum absolute atomic E-state index is 0.348. The number of fused-ring (bicyclic) bond motifs is 1. The van der Waals surface area contributed by atoms with E-state index < -0.39 is 11.3 Å². The largest absolute Gasteiger partial charge is 0.333 e. The molecule has 3 amide bonds. The maximum atomic E-state index is 12.1. The predicted molar refractivity (Wildman–Crippen MR) is 86.9 cm³/mol. The Morgan fingerprint density at radius 1 is 1.32 bits per heavy atom. The smallest absolute Gasteiger partial charge is 0.321 e. The molecule has 22 heavy (non-hydrogen) atoms. The fraction of sp³-hybridized carbons (Fsp3) is 0.400. The minimum Gasteiger partial charge on any atom is -0.333 e. The molecule has 1 atom stereocenters. The van der Waals surface area contributed by atoms with Crippen molar-refractivity contribution in [3.63, 3.8) is 0 Å². The second-order valence-corrected chi connectivity index (χ2v) is 7.30. The molecule has 0 aliphatic heterocycles. The Bertz CT molecular complexity index is 690. The molecular formula is C15H20N4O2S. The van der Waals surface area contributed by atoms with Crippen LogP contribution in [0.2, 0.25) is 0 Å². The second-order valence-electron chi connectivity index (χ2n) is 5.99. The van der Waals surface area contributed by atoms with Gasteiger partial charge in [0, 0.05) is 11.7 Å². The van der Waals surface area contributed by atoms with E-state index in [1.54, 1.807) is 13.1 Å². The monoisotopic (exact) mass is 320 g/mol. The average Bonchev–Trinajstić information content (AvgIpc) is 2.80. The zero-order chi connectivity index (χ0) is 16.3. The number of hydrogen-bond donors (Lipinski definition) is 2. The molecule has 0 fully saturated rings. The first-order chi connectivity index (χ1) is 10.3. The first-order valence-electron chi connectivity index (χ1n) is 6.98. The molecule has 2 rings (SSSR count). The number of nitrogens with one attached hydrogen (secondary N) is 2. The number of imide groups is 1. The fourth-order valence-corrected chi connectivity index (χ4v) is 2.68. The summed E-state index contributed by atoms with van der Waals surface area (Å²) in [5.41, 5.74) is 0.572. The summed E-state index contributed by atoms with van der Waals surface area (Å²) in [6.07, 6.45) is 3.64. The molecule has 7 heteroatoms. The molecule has 0 aromatic carbocycles. The molecule has 2 aromatic heterocycles. The molecule has 0 saturated heterocycles. The van der Waals surface area contributed by atoms with Crippen molar-refractivity contribution in [2.75, 3.05) is 0 Å². The van der Waals surface area contributed by atoms with E-state index in [1.165, 1.54) is 11.8 Å². The number of amides is 3. The van der Waals surface area contributed by atoms with Crippen LogP contribution in [0, 0.1) is 0 Å². The van der Waals surface area contributed by atoms with Crippen molar-refractivity contribution >= 4 is 29.2 Å². The van der Waals surface area contributed by atoms with Crippen molar-refractivity contribution in [3.05, 3.63) is 30.6 Å². The lowest BCUT2D eigenvalue weighted by molar-refractivity contribution is -0.119. The molecule has 2 heterocycles. The van der Waals surface area contributed by atoms with Gasteiger partial charge in [0.15, 0.2) is 5.16 Å². The van der Waals surface area contributed by atoms with Crippen LogP contribution in [0.15, 0.2) is 35.7 Å². The third-order valence-corrected chi connectivity index (χ3v) is 3.86. The van der Waals surface area contributed by atoms with Gasteiger partial charge >= 0.3 is 6.03 Å². The van der Waals surface area contributed by atoms with Gasteiger partial charge in [-0.15, -0.1) is 0 Å². The van der Waals surface area contributed by atoms with E-state index in [4.69, 9.17) is 0 Å². The van der Waals surface area contributed by atoms with Gasteiger partial charge in [-0.3, -0.25) is 14.5 Å². The van der Waals surface area contributed by atoms with Gasteiger partial charge in [0.2, 0.25) is 5.91 Å². The van der Waals surface area contributed by atoms with Crippen LogP contribution in [-0.4, -0.2) is 32.1 Å². The van der Waals surface area contributed by atoms with Crippen LogP contribution < -0.4 is 10.6 Å². The fourth-order valence-electron chi connectivity index (χ4n) is 1.80. The number of thioether (sulfide) groups is 1. The molecule has 0 aliphatic carbocycles. The molecule has 2 aromatic rings. The van der Waals surface area contributed by atoms with E-state index in [0.717, 1.165) is 10.7 Å². The van der Waals surface area contributed by atoms with E-state index in [2.05, 4.69) is 15.6 Å². The Morgan fingerprint density at radius 2 is 2.05 bits per heavy atom. The highest BCUT2D eigenvalue weighted by molar-refractivity contribution is 8.00. The molecule has 118 valence electrons. The lowest BCUT2D eigenvalue weighted by Gasteiger charge is -2.21. The van der Waals surface area contributed by atoms with Crippen molar-refractivity contribution in [3.8, 4) is 0 Å². The summed E-state index contributed by atoms with van der Waals surface area (Å²) in [5, 5.41) is 5.33. The third-order valence-electron chi connectivity index (χ3n) is 2.78. The number of carbonyl (C=O) groups is 2. The van der Waals surface area contributed by atoms with Crippen LogP contribution in [0.1, 0.15) is 27.7 Å². The Kier molecular flexibility index (Phi) is 4.75. The number of rotatable bonds is 3. The van der Waals surface area contributed by atoms with E-state index >= 15 is 0 Å². The standard InChI is InChI=1S/C15H20N4O2S/c1-10(12(20)17-13(21)18-15(2,3)4)22-14-16-9-11-7-5-6-8-19(11)14/h5-10H,1-4H3,(H2,17,18,20,21)/t10-/m0/s1. The average molecular weight is 320 g/mol. The number of aromatic nitrogens is 2. The summed E-state index contributed by atoms with van der Waals surface area (Å²) in [7, 11) is 0. The van der Waals surface area contributed by atoms with Gasteiger partial charge in [0.25, 0.3) is 0 Å². The van der Waals surface area contributed by atoms with Crippen molar-refractivity contribution in [2.45, 2.75) is 43.6 Å². The summed E-state index contributed by atoms with van der Waals surface area (Å²) in [6.45, 7) is 7.30. The molecule has 0 saturated carbocycles. The van der Waals surface area contributed by atoms with Crippen molar-refractivity contribution in [1.29, 1.82) is 0 Å². The second kappa shape index (κ2) is 6.39. The highest BCUT2D eigenvalue weighted by Crippen LogP contribution is 2.23. The van der Waals surface area contributed by atoms with Crippen molar-refractivity contribution in [2.24, 2.45) is 0 Å². The van der Waals surface area contributed by atoms with E-state index in [1.807, 2.05) is 49.6 Å². The maximum absolute atomic E-state index is 12.1. The Balaban J connectivity index is 1.98. The first kappa shape index (κ1) is 16.4. The number of urea groups is 1. The number of nitrogens with zero attached hydrogens (tertiary/aromatic N) is 2. The lowest BCUT2D eigenvalue weighted by atomic mass is 10.1. The van der Waals surface area contributed by atoms with Crippen molar-refractivity contribution in [1.82, 2.24) is 20.0 Å². The number of hydrogen-bond acceptors (Lipinski definition) is 4. The Hall–Kier alpha value is -2.02. The first-order valence-corrected chi connectivity index (χ1v) is 7.86. The van der Waals surface area contributed by atoms with Crippen LogP contribution in [0.5, 0.6) is 0 Å². The van der Waals surface area contributed by atoms with Gasteiger partial charge in [-0.25, -0.2) is 9.78 Å². The van der Waals surface area contributed by atoms with Gasteiger partial charge in [-0.2, -0.15) is 0 Å². The Morgan fingerprint density at radius 3 is 2.73 bits per heavy atom. The van der Waals surface area contributed by atoms with E-state index in [0.29, 0.717) is 0 Å². The topological polar surface area (TPSA) is 75.5 Å². The third kappa shape index (κ3) is 4.24. The van der Waals surface area contributed by atoms with Gasteiger partial charge in [-0.05, 0) is 39.8 Å². The van der Waals surface area contributed by atoms with E-state index in [9.17, 15) is 9.59 Å². The predicted octanol–water partition coefficient (Wildman–Crippen LogP) is 2.44. The van der Waals surface area contributed by atoms with E-state index in [-0.39, 0.29) is 11.4 Å². The summed E-state index contributed by atoms with van der Waals surface area (Å²) >= 11 is 1.31. The molecule has 0 spiro atoms. The van der Waals surface area contributed by atoms with Crippen molar-refractivity contribution < 1.29 is 9.59 Å². The highest BCUT2D eigenvalue weighted by Gasteiger charge is 2.21. The zero-order valence-electron chi connectivity index (χ0n) is 13.1. The molecule has 2 N–H and O–H groups in total. The molecular weight excluding hydrogens is 300 g/mol. The van der Waals surface area contributed by atoms with Crippen LogP contribution in [0.4, 0.5) is 4.79 Å². The lowest BCUT2D eigenvalue weighted by Crippen LogP contribution is -2.49. The molecule has 0 aliphatic rings. The minimum atomic E-state index is -0.488. The van der Waals surface area contributed by atoms with Gasteiger partial charge < -0.3 is 5.32 Å². The molecule has 0 bridgehead atoms. The number of carbonyl (C=O) groups excluding carboxylic acids is 2. The molecule has 0 radical (unpaired) electrons. The van der Waals surface area contributed by atoms with Crippen LogP contribution in [-0.2, 0) is 4.79 Å². The molecule has 6 nitrogen and oxygen atoms in total. The Labute approximate surface area is 133 Å². The highest BCUT2D eigenvalue weighted by atomic mass is 32.2. The van der Waals surface area contributed by atoms with Crippen LogP contribution >= 0.6 is 11.8 Å². The van der Waals surface area contributed by atoms with Gasteiger partial charge in [0.1, 0.15) is 0 Å². The summed E-state index contributed by atoms with van der Waals surface area (Å²) in [6, 6.07) is 5.29. The summed E-state index contributed by atoms with van der Waals surface area (Å²) in [5.74, 6) is -0.348. The summed E-state index contributed by atoms with van der Waals surface area (Å²) in [4.78, 5) is 28.1. The number of pyridine rings is 1. The maximum Gasteiger partial charge on any atom is 0.321 e. The molecule has 0 unspecified atom stereocenters. The van der Waals surface area contributed by atoms with Gasteiger partial charge in [0.05, 0.1) is 17.0 Å². The van der Waals surface area contributed by atoms with Crippen LogP contribution in [0.25, 0.3) is 5.52 Å². The normalized spacial score (nSPS) is 12.9. The number of imidazole rings is 1.